The summed E-state index contributed by atoms with van der Waals surface area (Å²) >= 11 is 0. The van der Waals surface area contributed by atoms with E-state index in [1.165, 1.54) is 0 Å². The molecule has 0 N–H and O–H groups in total. The number of hydrogen-bond donors (Lipinski definition) is 0. The summed E-state index contributed by atoms with van der Waals surface area (Å²) in [6, 6.07) is 26.6. The van der Waals surface area contributed by atoms with Crippen molar-refractivity contribution in [1.82, 2.24) is 4.40 Å². The Morgan fingerprint density at radius 3 is 2.21 bits per heavy atom. The number of benzene rings is 3. The van der Waals surface area contributed by atoms with E-state index in [0.29, 0.717) is 12.2 Å². The van der Waals surface area contributed by atoms with Crippen LogP contribution >= 0.6 is 0 Å². The predicted molar refractivity (Wildman–Crippen MR) is 114 cm³/mol. The summed E-state index contributed by atoms with van der Waals surface area (Å²) < 4.78 is 7.55. The van der Waals surface area contributed by atoms with Crippen molar-refractivity contribution < 1.29 is 9.53 Å². The van der Waals surface area contributed by atoms with Gasteiger partial charge in [0.15, 0.2) is 0 Å². The van der Waals surface area contributed by atoms with Gasteiger partial charge < -0.3 is 9.14 Å². The molecular weight excluding hydrogens is 346 g/mol. The lowest BCUT2D eigenvalue weighted by Gasteiger charge is -2.11. The molecule has 0 amide bonds. The topological polar surface area (TPSA) is 30.7 Å². The molecular formula is C25H19NO2. The maximum atomic E-state index is 12.9. The second-order valence-corrected chi connectivity index (χ2v) is 6.79. The molecule has 2 aromatic heterocycles. The third kappa shape index (κ3) is 2.40. The Hall–Kier alpha value is -3.59. The summed E-state index contributed by atoms with van der Waals surface area (Å²) in [6.07, 6.45) is 2.14. The summed E-state index contributed by atoms with van der Waals surface area (Å²) in [5.74, 6) is -0.279. The van der Waals surface area contributed by atoms with Crippen LogP contribution in [0.2, 0.25) is 0 Å². The van der Waals surface area contributed by atoms with E-state index in [-0.39, 0.29) is 5.97 Å². The van der Waals surface area contributed by atoms with E-state index in [1.54, 1.807) is 0 Å². The fourth-order valence-electron chi connectivity index (χ4n) is 4.04. The van der Waals surface area contributed by atoms with E-state index in [1.807, 2.05) is 55.5 Å². The van der Waals surface area contributed by atoms with Gasteiger partial charge >= 0.3 is 5.97 Å². The molecule has 5 rings (SSSR count). The fraction of sp³-hybridized carbons (Fsp3) is 0.0800. The molecule has 0 spiro atoms. The number of esters is 1. The summed E-state index contributed by atoms with van der Waals surface area (Å²) in [4.78, 5) is 12.9. The highest BCUT2D eigenvalue weighted by atomic mass is 16.5. The second-order valence-electron chi connectivity index (χ2n) is 6.79. The van der Waals surface area contributed by atoms with E-state index < -0.39 is 0 Å². The van der Waals surface area contributed by atoms with Crippen molar-refractivity contribution in [2.75, 3.05) is 6.61 Å². The number of nitrogens with zero attached hydrogens (tertiary/aromatic N) is 1. The Labute approximate surface area is 162 Å². The number of rotatable bonds is 3. The van der Waals surface area contributed by atoms with Gasteiger partial charge in [0.05, 0.1) is 23.2 Å². The maximum Gasteiger partial charge on any atom is 0.340 e. The highest BCUT2D eigenvalue weighted by molar-refractivity contribution is 6.19. The predicted octanol–water partition coefficient (Wildman–Crippen LogP) is 6.09. The Balaban J connectivity index is 2.00. The van der Waals surface area contributed by atoms with Gasteiger partial charge in [0.2, 0.25) is 0 Å². The van der Waals surface area contributed by atoms with Crippen LogP contribution < -0.4 is 0 Å². The molecule has 136 valence electrons. The van der Waals surface area contributed by atoms with Crippen LogP contribution in [-0.2, 0) is 4.74 Å². The van der Waals surface area contributed by atoms with Gasteiger partial charge in [-0.05, 0) is 23.9 Å². The second kappa shape index (κ2) is 6.54. The van der Waals surface area contributed by atoms with Crippen LogP contribution in [0.5, 0.6) is 0 Å². The molecule has 5 aromatic rings. The van der Waals surface area contributed by atoms with Gasteiger partial charge in [0, 0.05) is 22.5 Å². The van der Waals surface area contributed by atoms with Crippen LogP contribution in [0, 0.1) is 0 Å². The van der Waals surface area contributed by atoms with E-state index in [0.717, 1.165) is 38.3 Å². The largest absolute Gasteiger partial charge is 0.462 e. The van der Waals surface area contributed by atoms with Gasteiger partial charge in [-0.15, -0.1) is 0 Å². The molecule has 0 saturated heterocycles. The number of ether oxygens (including phenoxy) is 1. The van der Waals surface area contributed by atoms with Crippen LogP contribution in [0.1, 0.15) is 17.3 Å². The quantitative estimate of drug-likeness (QED) is 0.362. The van der Waals surface area contributed by atoms with Crippen LogP contribution in [0.25, 0.3) is 38.3 Å². The molecule has 3 aromatic carbocycles. The smallest absolute Gasteiger partial charge is 0.340 e. The van der Waals surface area contributed by atoms with E-state index >= 15 is 0 Å². The molecule has 0 atom stereocenters. The van der Waals surface area contributed by atoms with Crippen molar-refractivity contribution in [1.29, 1.82) is 0 Å². The number of hydrogen-bond acceptors (Lipinski definition) is 2. The Kier molecular flexibility index (Phi) is 3.87. The summed E-state index contributed by atoms with van der Waals surface area (Å²) in [6.45, 7) is 2.19. The Morgan fingerprint density at radius 2 is 1.46 bits per heavy atom. The summed E-state index contributed by atoms with van der Waals surface area (Å²) in [5.41, 5.74) is 4.82. The molecule has 0 bridgehead atoms. The van der Waals surface area contributed by atoms with Crippen molar-refractivity contribution in [2.24, 2.45) is 0 Å². The number of para-hydroxylation sites is 1. The lowest BCUT2D eigenvalue weighted by Crippen LogP contribution is -2.05. The van der Waals surface area contributed by atoms with Crippen LogP contribution in [0.15, 0.2) is 85.1 Å². The van der Waals surface area contributed by atoms with Crippen LogP contribution in [0.3, 0.4) is 0 Å². The Bertz CT molecular complexity index is 1330. The molecule has 0 aliphatic heterocycles. The molecule has 0 aliphatic carbocycles. The molecule has 0 radical (unpaired) electrons. The number of fused-ring (bicyclic) bond motifs is 5. The monoisotopic (exact) mass is 365 g/mol. The zero-order valence-corrected chi connectivity index (χ0v) is 15.6. The minimum atomic E-state index is -0.279. The van der Waals surface area contributed by atoms with E-state index in [9.17, 15) is 4.79 Å². The highest BCUT2D eigenvalue weighted by Gasteiger charge is 2.22. The SMILES string of the molecule is CCOC(=O)c1c2ccccc2n2cc(-c3ccccc3)c3ccccc3c12. The molecule has 0 unspecified atom stereocenters. The Morgan fingerprint density at radius 1 is 0.821 bits per heavy atom. The lowest BCUT2D eigenvalue weighted by atomic mass is 9.99. The van der Waals surface area contributed by atoms with Crippen LogP contribution in [0.4, 0.5) is 0 Å². The van der Waals surface area contributed by atoms with Crippen molar-refractivity contribution in [2.45, 2.75) is 6.92 Å². The van der Waals surface area contributed by atoms with Gasteiger partial charge in [0.1, 0.15) is 0 Å². The summed E-state index contributed by atoms with van der Waals surface area (Å²) in [7, 11) is 0. The average Bonchev–Trinajstić information content (AvgIpc) is 3.09. The third-order valence-electron chi connectivity index (χ3n) is 5.21. The van der Waals surface area contributed by atoms with Crippen molar-refractivity contribution >= 4 is 33.2 Å². The first-order valence-corrected chi connectivity index (χ1v) is 9.46. The number of aromatic nitrogens is 1. The van der Waals surface area contributed by atoms with E-state index in [4.69, 9.17) is 4.74 Å². The van der Waals surface area contributed by atoms with Crippen molar-refractivity contribution in [3.63, 3.8) is 0 Å². The van der Waals surface area contributed by atoms with Crippen LogP contribution in [-0.4, -0.2) is 17.0 Å². The number of carbonyl (C=O) groups excluding carboxylic acids is 1. The maximum absolute atomic E-state index is 12.9. The van der Waals surface area contributed by atoms with Crippen molar-refractivity contribution in [3.05, 3.63) is 90.6 Å². The fourth-order valence-corrected chi connectivity index (χ4v) is 4.04. The lowest BCUT2D eigenvalue weighted by molar-refractivity contribution is 0.0531. The standard InChI is InChI=1S/C25H19NO2/c1-2-28-25(27)23-20-14-8-9-15-22(20)26-16-21(17-10-4-3-5-11-17)18-12-6-7-13-19(18)24(23)26/h3-16H,2H2,1H3. The zero-order chi connectivity index (χ0) is 19.1. The number of carbonyl (C=O) groups is 1. The first-order valence-electron chi connectivity index (χ1n) is 9.46. The van der Waals surface area contributed by atoms with Gasteiger partial charge in [-0.25, -0.2) is 4.79 Å². The molecule has 3 nitrogen and oxygen atoms in total. The molecule has 3 heteroatoms. The van der Waals surface area contributed by atoms with E-state index in [2.05, 4.69) is 40.9 Å². The molecule has 0 saturated carbocycles. The molecule has 28 heavy (non-hydrogen) atoms. The van der Waals surface area contributed by atoms with Gasteiger partial charge in [0.25, 0.3) is 0 Å². The van der Waals surface area contributed by atoms with Gasteiger partial charge in [-0.2, -0.15) is 0 Å². The minimum absolute atomic E-state index is 0.279. The zero-order valence-electron chi connectivity index (χ0n) is 15.6. The molecule has 2 heterocycles. The normalized spacial score (nSPS) is 11.3. The highest BCUT2D eigenvalue weighted by Crippen LogP contribution is 2.37. The van der Waals surface area contributed by atoms with Gasteiger partial charge in [-0.1, -0.05) is 72.8 Å². The first kappa shape index (κ1) is 16.6. The average molecular weight is 365 g/mol. The summed E-state index contributed by atoms with van der Waals surface area (Å²) in [5, 5.41) is 3.08. The van der Waals surface area contributed by atoms with Gasteiger partial charge in [-0.3, -0.25) is 0 Å². The molecule has 0 fully saturated rings. The first-order chi connectivity index (χ1) is 13.8. The number of pyridine rings is 1. The molecule has 0 aliphatic rings. The minimum Gasteiger partial charge on any atom is -0.462 e. The van der Waals surface area contributed by atoms with Crippen molar-refractivity contribution in [3.8, 4) is 11.1 Å². The third-order valence-corrected chi connectivity index (χ3v) is 5.21.